The molecule has 36 heavy (non-hydrogen) atoms. The van der Waals surface area contributed by atoms with Crippen LogP contribution in [0.3, 0.4) is 0 Å². The lowest BCUT2D eigenvalue weighted by Gasteiger charge is -2.16. The number of methoxy groups -OCH3 is 1. The molecule has 2 amide bonds. The normalized spacial score (nSPS) is 14.3. The van der Waals surface area contributed by atoms with E-state index in [-0.39, 0.29) is 28.1 Å². The summed E-state index contributed by atoms with van der Waals surface area (Å²) in [6, 6.07) is 16.5. The minimum Gasteiger partial charge on any atom is -0.493 e. The van der Waals surface area contributed by atoms with Crippen LogP contribution in [0.2, 0.25) is 5.02 Å². The van der Waals surface area contributed by atoms with Crippen molar-refractivity contribution in [3.63, 3.8) is 0 Å². The molecule has 3 aromatic rings. The third-order valence-electron chi connectivity index (χ3n) is 5.20. The maximum Gasteiger partial charge on any atom is 0.270 e. The highest BCUT2D eigenvalue weighted by Crippen LogP contribution is 2.40. The first-order chi connectivity index (χ1) is 17.3. The molecule has 1 saturated heterocycles. The Morgan fingerprint density at radius 1 is 1.19 bits per heavy atom. The Morgan fingerprint density at radius 3 is 2.64 bits per heavy atom. The van der Waals surface area contributed by atoms with Crippen LogP contribution in [0.25, 0.3) is 6.08 Å². The van der Waals surface area contributed by atoms with Gasteiger partial charge in [-0.3, -0.25) is 14.5 Å². The Bertz CT molecular complexity index is 1400. The molecule has 6 nitrogen and oxygen atoms in total. The first-order valence-electron chi connectivity index (χ1n) is 10.7. The molecule has 1 heterocycles. The summed E-state index contributed by atoms with van der Waals surface area (Å²) in [7, 11) is 1.43. The van der Waals surface area contributed by atoms with Crippen molar-refractivity contribution in [1.29, 1.82) is 0 Å². The van der Waals surface area contributed by atoms with E-state index in [0.717, 1.165) is 11.3 Å². The van der Waals surface area contributed by atoms with Gasteiger partial charge in [-0.2, -0.15) is 0 Å². The molecule has 1 fully saturated rings. The van der Waals surface area contributed by atoms with E-state index in [4.69, 9.17) is 33.3 Å². The molecule has 0 bridgehead atoms. The second-order valence-corrected chi connectivity index (χ2v) is 9.74. The van der Waals surface area contributed by atoms with Gasteiger partial charge < -0.3 is 14.8 Å². The molecular weight excluding hydrogens is 523 g/mol. The molecule has 1 aliphatic heterocycles. The van der Waals surface area contributed by atoms with Gasteiger partial charge in [0.1, 0.15) is 5.82 Å². The SMILES string of the molecule is COc1cc(/C=C2\SC(=S)N(c3ccccc3C)C2=O)cc(Cl)c1OCC(=O)Nc1ccccc1F. The molecule has 184 valence electrons. The first-order valence-corrected chi connectivity index (χ1v) is 12.3. The lowest BCUT2D eigenvalue weighted by molar-refractivity contribution is -0.118. The van der Waals surface area contributed by atoms with Crippen LogP contribution in [0.4, 0.5) is 15.8 Å². The Labute approximate surface area is 222 Å². The molecule has 3 aromatic carbocycles. The Morgan fingerprint density at radius 2 is 1.92 bits per heavy atom. The van der Waals surface area contributed by atoms with E-state index in [1.165, 1.54) is 42.0 Å². The summed E-state index contributed by atoms with van der Waals surface area (Å²) in [5.41, 5.74) is 2.30. The number of nitrogens with one attached hydrogen (secondary N) is 1. The molecule has 0 saturated carbocycles. The highest BCUT2D eigenvalue weighted by Gasteiger charge is 2.34. The Kier molecular flexibility index (Phi) is 7.93. The zero-order valence-electron chi connectivity index (χ0n) is 19.2. The second-order valence-electron chi connectivity index (χ2n) is 7.65. The molecule has 0 radical (unpaired) electrons. The number of hydrogen-bond donors (Lipinski definition) is 1. The molecule has 0 aliphatic carbocycles. The van der Waals surface area contributed by atoms with Crippen molar-refractivity contribution in [1.82, 2.24) is 0 Å². The average molecular weight is 543 g/mol. The summed E-state index contributed by atoms with van der Waals surface area (Å²) >= 11 is 13.1. The van der Waals surface area contributed by atoms with Crippen molar-refractivity contribution >= 4 is 69.2 Å². The van der Waals surface area contributed by atoms with Crippen molar-refractivity contribution in [2.24, 2.45) is 0 Å². The van der Waals surface area contributed by atoms with Gasteiger partial charge in [0.05, 0.1) is 28.4 Å². The number of carbonyl (C=O) groups excluding carboxylic acids is 2. The Hall–Kier alpha value is -3.40. The Balaban J connectivity index is 1.52. The van der Waals surface area contributed by atoms with E-state index >= 15 is 0 Å². The van der Waals surface area contributed by atoms with Crippen LogP contribution >= 0.6 is 35.6 Å². The van der Waals surface area contributed by atoms with E-state index in [1.54, 1.807) is 24.3 Å². The number of thioether (sulfide) groups is 1. The number of thiocarbonyl (C=S) groups is 1. The summed E-state index contributed by atoms with van der Waals surface area (Å²) in [5, 5.41) is 2.61. The van der Waals surface area contributed by atoms with Crippen molar-refractivity contribution in [2.45, 2.75) is 6.92 Å². The fourth-order valence-corrected chi connectivity index (χ4v) is 5.05. The van der Waals surface area contributed by atoms with Gasteiger partial charge in [-0.15, -0.1) is 0 Å². The fraction of sp³-hybridized carbons (Fsp3) is 0.115. The predicted molar refractivity (Wildman–Crippen MR) is 145 cm³/mol. The van der Waals surface area contributed by atoms with Crippen LogP contribution in [0, 0.1) is 12.7 Å². The van der Waals surface area contributed by atoms with Gasteiger partial charge in [-0.05, 0) is 54.5 Å². The van der Waals surface area contributed by atoms with Gasteiger partial charge in [0.15, 0.2) is 22.4 Å². The largest absolute Gasteiger partial charge is 0.493 e. The van der Waals surface area contributed by atoms with Crippen molar-refractivity contribution in [3.8, 4) is 11.5 Å². The number of para-hydroxylation sites is 2. The van der Waals surface area contributed by atoms with Crippen molar-refractivity contribution in [3.05, 3.63) is 87.5 Å². The summed E-state index contributed by atoms with van der Waals surface area (Å²) in [4.78, 5) is 27.3. The molecular formula is C26H20ClFN2O4S2. The summed E-state index contributed by atoms with van der Waals surface area (Å²) in [6.07, 6.45) is 1.67. The number of hydrogen-bond acceptors (Lipinski definition) is 6. The highest BCUT2D eigenvalue weighted by atomic mass is 35.5. The summed E-state index contributed by atoms with van der Waals surface area (Å²) in [5.74, 6) is -0.949. The number of ether oxygens (including phenoxy) is 2. The lowest BCUT2D eigenvalue weighted by Crippen LogP contribution is -2.28. The number of halogens is 2. The number of anilines is 2. The molecule has 0 spiro atoms. The van der Waals surface area contributed by atoms with Crippen LogP contribution in [0.5, 0.6) is 11.5 Å². The minimum absolute atomic E-state index is 0.0440. The molecule has 1 aliphatic rings. The number of carbonyl (C=O) groups is 2. The van der Waals surface area contributed by atoms with Crippen molar-refractivity contribution in [2.75, 3.05) is 23.9 Å². The molecule has 4 rings (SSSR count). The first kappa shape index (κ1) is 25.7. The average Bonchev–Trinajstić information content (AvgIpc) is 3.12. The molecule has 0 atom stereocenters. The number of amides is 2. The van der Waals surface area contributed by atoms with E-state index in [2.05, 4.69) is 5.32 Å². The summed E-state index contributed by atoms with van der Waals surface area (Å²) in [6.45, 7) is 1.50. The predicted octanol–water partition coefficient (Wildman–Crippen LogP) is 6.22. The van der Waals surface area contributed by atoms with Crippen LogP contribution in [0.15, 0.2) is 65.6 Å². The van der Waals surface area contributed by atoms with Gasteiger partial charge in [0.25, 0.3) is 11.8 Å². The quantitative estimate of drug-likeness (QED) is 0.282. The third-order valence-corrected chi connectivity index (χ3v) is 6.78. The zero-order valence-corrected chi connectivity index (χ0v) is 21.6. The minimum atomic E-state index is -0.567. The fourth-order valence-electron chi connectivity index (χ4n) is 3.49. The van der Waals surface area contributed by atoms with Crippen LogP contribution in [-0.4, -0.2) is 29.9 Å². The van der Waals surface area contributed by atoms with Gasteiger partial charge in [-0.25, -0.2) is 4.39 Å². The lowest BCUT2D eigenvalue weighted by atomic mass is 10.1. The van der Waals surface area contributed by atoms with E-state index in [0.29, 0.717) is 14.8 Å². The van der Waals surface area contributed by atoms with E-state index in [9.17, 15) is 14.0 Å². The smallest absolute Gasteiger partial charge is 0.270 e. The zero-order chi connectivity index (χ0) is 25.8. The topological polar surface area (TPSA) is 67.9 Å². The number of nitrogens with zero attached hydrogens (tertiary/aromatic N) is 1. The number of benzene rings is 3. The van der Waals surface area contributed by atoms with Gasteiger partial charge in [0, 0.05) is 0 Å². The highest BCUT2D eigenvalue weighted by molar-refractivity contribution is 8.27. The van der Waals surface area contributed by atoms with Gasteiger partial charge >= 0.3 is 0 Å². The number of rotatable bonds is 7. The summed E-state index contributed by atoms with van der Waals surface area (Å²) < 4.78 is 25.2. The van der Waals surface area contributed by atoms with Gasteiger partial charge in [0.2, 0.25) is 0 Å². The van der Waals surface area contributed by atoms with E-state index in [1.807, 2.05) is 31.2 Å². The van der Waals surface area contributed by atoms with Gasteiger partial charge in [-0.1, -0.05) is 65.9 Å². The van der Waals surface area contributed by atoms with E-state index < -0.39 is 18.3 Å². The third kappa shape index (κ3) is 5.53. The maximum absolute atomic E-state index is 13.8. The van der Waals surface area contributed by atoms with Crippen LogP contribution < -0.4 is 19.7 Å². The standard InChI is InChI=1S/C26H20ClFN2O4S2/c1-15-7-3-6-10-20(15)30-25(32)22(36-26(30)35)13-16-11-17(27)24(21(12-16)33-2)34-14-23(31)29-19-9-5-4-8-18(19)28/h3-13H,14H2,1-2H3,(H,29,31)/b22-13-. The molecule has 0 aromatic heterocycles. The maximum atomic E-state index is 13.8. The number of aryl methyl sites for hydroxylation is 1. The second kappa shape index (κ2) is 11.1. The molecule has 0 unspecified atom stereocenters. The van der Waals surface area contributed by atoms with Crippen LogP contribution in [0.1, 0.15) is 11.1 Å². The van der Waals surface area contributed by atoms with Crippen molar-refractivity contribution < 1.29 is 23.5 Å². The molecule has 1 N–H and O–H groups in total. The van der Waals surface area contributed by atoms with Crippen LogP contribution in [-0.2, 0) is 9.59 Å². The molecule has 10 heteroatoms. The monoisotopic (exact) mass is 542 g/mol.